The van der Waals surface area contributed by atoms with Crippen LogP contribution in [0.15, 0.2) is 30.6 Å². The smallest absolute Gasteiger partial charge is 0.410 e. The number of anilines is 2. The summed E-state index contributed by atoms with van der Waals surface area (Å²) in [6.45, 7) is 14.7. The molecule has 1 N–H and O–H groups in total. The van der Waals surface area contributed by atoms with Crippen molar-refractivity contribution in [3.63, 3.8) is 0 Å². The number of imidazole rings is 1. The molecule has 306 valence electrons. The number of nitrogens with one attached hydrogen (secondary N) is 1. The zero-order valence-electron chi connectivity index (χ0n) is 34.8. The summed E-state index contributed by atoms with van der Waals surface area (Å²) in [6.07, 6.45) is 13.2. The summed E-state index contributed by atoms with van der Waals surface area (Å²) in [5.74, 6) is 1.51. The normalized spacial score (nSPS) is 24.3. The fourth-order valence-electron chi connectivity index (χ4n) is 10.2. The minimum absolute atomic E-state index is 0.166. The third-order valence-corrected chi connectivity index (χ3v) is 13.8. The van der Waals surface area contributed by atoms with Crippen molar-refractivity contribution in [3.05, 3.63) is 36.2 Å². The number of rotatable bonds is 8. The summed E-state index contributed by atoms with van der Waals surface area (Å²) in [5, 5.41) is 3.70. The summed E-state index contributed by atoms with van der Waals surface area (Å²) < 4.78 is 7.78. The second-order valence-corrected chi connectivity index (χ2v) is 19.2. The van der Waals surface area contributed by atoms with Gasteiger partial charge in [0, 0.05) is 68.0 Å². The van der Waals surface area contributed by atoms with Gasteiger partial charge in [0.1, 0.15) is 11.1 Å². The molecule has 0 radical (unpaired) electrons. The molecule has 2 aromatic heterocycles. The molecule has 2 aliphatic carbocycles. The van der Waals surface area contributed by atoms with E-state index in [1.54, 1.807) is 4.90 Å². The van der Waals surface area contributed by atoms with E-state index in [2.05, 4.69) is 57.8 Å². The highest BCUT2D eigenvalue weighted by Crippen LogP contribution is 2.52. The second-order valence-electron chi connectivity index (χ2n) is 19.2. The number of nitrogens with zero attached hydrogens (tertiary/aromatic N) is 7. The third-order valence-electron chi connectivity index (χ3n) is 13.8. The van der Waals surface area contributed by atoms with Gasteiger partial charge in [0.25, 0.3) is 0 Å². The number of hydrogen-bond donors (Lipinski definition) is 1. The van der Waals surface area contributed by atoms with E-state index in [4.69, 9.17) is 14.7 Å². The Hall–Kier alpha value is -4.19. The van der Waals surface area contributed by atoms with Crippen molar-refractivity contribution in [2.24, 2.45) is 5.92 Å². The van der Waals surface area contributed by atoms with Crippen molar-refractivity contribution in [1.82, 2.24) is 29.2 Å². The molecular formula is C45H62N8O4. The number of likely N-dealkylation sites (tertiary alicyclic amines) is 3. The van der Waals surface area contributed by atoms with Gasteiger partial charge in [-0.2, -0.15) is 0 Å². The first kappa shape index (κ1) is 38.3. The fourth-order valence-corrected chi connectivity index (χ4v) is 10.2. The Labute approximate surface area is 337 Å². The fraction of sp³-hybridized carbons (Fsp3) is 0.667. The molecule has 0 bridgehead atoms. The van der Waals surface area contributed by atoms with E-state index in [-0.39, 0.29) is 35.9 Å². The Balaban J connectivity index is 0.947. The summed E-state index contributed by atoms with van der Waals surface area (Å²) in [5.41, 5.74) is 4.83. The number of amides is 3. The number of piperidine rings is 3. The lowest BCUT2D eigenvalue weighted by molar-refractivity contribution is -0.137. The van der Waals surface area contributed by atoms with Gasteiger partial charge in [0.15, 0.2) is 5.82 Å². The molecule has 12 heteroatoms. The molecule has 5 fully saturated rings. The van der Waals surface area contributed by atoms with Crippen LogP contribution in [0.3, 0.4) is 0 Å². The Kier molecular flexibility index (Phi) is 10.0. The maximum Gasteiger partial charge on any atom is 0.410 e. The van der Waals surface area contributed by atoms with Gasteiger partial charge in [-0.1, -0.05) is 18.6 Å². The molecule has 12 nitrogen and oxygen atoms in total. The van der Waals surface area contributed by atoms with Crippen LogP contribution >= 0.6 is 0 Å². The number of hydrogen-bond acceptors (Lipinski definition) is 8. The Morgan fingerprint density at radius 2 is 1.63 bits per heavy atom. The van der Waals surface area contributed by atoms with Crippen molar-refractivity contribution < 1.29 is 19.1 Å². The lowest BCUT2D eigenvalue weighted by Crippen LogP contribution is -2.58. The first-order valence-electron chi connectivity index (χ1n) is 22.0. The molecule has 6 heterocycles. The van der Waals surface area contributed by atoms with Gasteiger partial charge in [0.2, 0.25) is 11.8 Å². The van der Waals surface area contributed by atoms with Crippen LogP contribution in [0.5, 0.6) is 0 Å². The molecule has 6 aliphatic rings. The predicted molar refractivity (Wildman–Crippen MR) is 222 cm³/mol. The molecule has 3 aromatic rings. The summed E-state index contributed by atoms with van der Waals surface area (Å²) in [7, 11) is 0. The SMILES string of the molecule is CC(C)n1cnc2cc(-c3ccc4c(c3)N(C3CC(N5CCCCC5)C3)C(=O)C43CCN(C(=O)CC4CCN(C(=O)OC(C)(C)C)CC4)CC3)nc(NC3CC3)c21. The molecular weight excluding hydrogens is 717 g/mol. The maximum absolute atomic E-state index is 15.0. The quantitative estimate of drug-likeness (QED) is 0.250. The van der Waals surface area contributed by atoms with Crippen LogP contribution in [0.4, 0.5) is 16.3 Å². The number of ether oxygens (including phenoxy) is 1. The number of carbonyl (C=O) groups excluding carboxylic acids is 3. The highest BCUT2D eigenvalue weighted by atomic mass is 16.6. The van der Waals surface area contributed by atoms with Crippen molar-refractivity contribution >= 4 is 40.4 Å². The Morgan fingerprint density at radius 1 is 0.912 bits per heavy atom. The van der Waals surface area contributed by atoms with Gasteiger partial charge in [-0.15, -0.1) is 0 Å². The van der Waals surface area contributed by atoms with Crippen LogP contribution in [0.25, 0.3) is 22.3 Å². The van der Waals surface area contributed by atoms with Gasteiger partial charge >= 0.3 is 6.09 Å². The van der Waals surface area contributed by atoms with Crippen molar-refractivity contribution in [2.45, 2.75) is 147 Å². The molecule has 1 aromatic carbocycles. The number of fused-ring (bicyclic) bond motifs is 3. The number of benzene rings is 1. The lowest BCUT2D eigenvalue weighted by atomic mass is 9.73. The van der Waals surface area contributed by atoms with Crippen LogP contribution in [0.1, 0.15) is 123 Å². The molecule has 1 spiro atoms. The van der Waals surface area contributed by atoms with Crippen LogP contribution < -0.4 is 10.2 Å². The van der Waals surface area contributed by atoms with E-state index in [9.17, 15) is 9.59 Å². The maximum atomic E-state index is 15.0. The zero-order chi connectivity index (χ0) is 39.6. The predicted octanol–water partition coefficient (Wildman–Crippen LogP) is 7.51. The summed E-state index contributed by atoms with van der Waals surface area (Å²) in [6, 6.07) is 10.1. The van der Waals surface area contributed by atoms with Gasteiger partial charge < -0.3 is 34.2 Å². The summed E-state index contributed by atoms with van der Waals surface area (Å²) in [4.78, 5) is 60.0. The standard InChI is InChI=1S/C45H62N8O4/c1-29(2)52-28-46-37-27-36(48-41(40(37)52)47-32-10-11-32)31-9-12-35-38(24-31)53(34-25-33(26-34)49-17-7-6-8-18-49)42(55)45(35)15-21-50(22-16-45)39(54)23-30-13-19-51(20-14-30)43(56)57-44(3,4)5/h9,12,24,27-30,32-34H,6-8,10-11,13-23,25-26H2,1-5H3,(H,47,48). The molecule has 2 saturated carbocycles. The highest BCUT2D eigenvalue weighted by Gasteiger charge is 2.56. The average Bonchev–Trinajstić information content (AvgIpc) is 3.83. The number of aromatic nitrogens is 3. The highest BCUT2D eigenvalue weighted by molar-refractivity contribution is 6.09. The van der Waals surface area contributed by atoms with Crippen LogP contribution in [0.2, 0.25) is 0 Å². The average molecular weight is 779 g/mol. The van der Waals surface area contributed by atoms with E-state index >= 15 is 4.79 Å². The monoisotopic (exact) mass is 778 g/mol. The molecule has 4 aliphatic heterocycles. The van der Waals surface area contributed by atoms with Crippen LogP contribution in [0, 0.1) is 5.92 Å². The summed E-state index contributed by atoms with van der Waals surface area (Å²) >= 11 is 0. The topological polar surface area (TPSA) is 116 Å². The van der Waals surface area contributed by atoms with Crippen LogP contribution in [-0.4, -0.2) is 110 Å². The third kappa shape index (κ3) is 7.40. The van der Waals surface area contributed by atoms with E-state index in [1.807, 2.05) is 32.0 Å². The van der Waals surface area contributed by atoms with E-state index < -0.39 is 11.0 Å². The number of carbonyl (C=O) groups is 3. The molecule has 0 atom stereocenters. The molecule has 9 rings (SSSR count). The zero-order valence-corrected chi connectivity index (χ0v) is 34.8. The van der Waals surface area contributed by atoms with E-state index in [0.29, 0.717) is 57.5 Å². The van der Waals surface area contributed by atoms with Crippen LogP contribution in [-0.2, 0) is 19.7 Å². The van der Waals surface area contributed by atoms with Gasteiger partial charge in [-0.3, -0.25) is 9.59 Å². The van der Waals surface area contributed by atoms with Gasteiger partial charge in [-0.25, -0.2) is 14.8 Å². The molecule has 0 unspecified atom stereocenters. The Bertz CT molecular complexity index is 2000. The van der Waals surface area contributed by atoms with Gasteiger partial charge in [-0.05, 0) is 136 Å². The first-order valence-corrected chi connectivity index (χ1v) is 22.0. The lowest BCUT2D eigenvalue weighted by Gasteiger charge is -2.48. The Morgan fingerprint density at radius 3 is 2.30 bits per heavy atom. The van der Waals surface area contributed by atoms with E-state index in [1.165, 1.54) is 32.4 Å². The van der Waals surface area contributed by atoms with E-state index in [0.717, 1.165) is 77.9 Å². The largest absolute Gasteiger partial charge is 0.444 e. The minimum atomic E-state index is -0.633. The van der Waals surface area contributed by atoms with Gasteiger partial charge in [0.05, 0.1) is 23.0 Å². The number of pyridine rings is 1. The van der Waals surface area contributed by atoms with Crippen molar-refractivity contribution in [3.8, 4) is 11.3 Å². The molecule has 57 heavy (non-hydrogen) atoms. The second kappa shape index (κ2) is 14.9. The van der Waals surface area contributed by atoms with Crippen molar-refractivity contribution in [2.75, 3.05) is 49.5 Å². The molecule has 3 amide bonds. The minimum Gasteiger partial charge on any atom is -0.444 e. The van der Waals surface area contributed by atoms with Crippen molar-refractivity contribution in [1.29, 1.82) is 0 Å². The first-order chi connectivity index (χ1) is 27.4. The molecule has 3 saturated heterocycles.